The van der Waals surface area contributed by atoms with Gasteiger partial charge < -0.3 is 24.8 Å². The maximum Gasteiger partial charge on any atom is 0.337 e. The second-order valence-electron chi connectivity index (χ2n) is 7.42. The highest BCUT2D eigenvalue weighted by atomic mass is 16.5. The fourth-order valence-electron chi connectivity index (χ4n) is 3.45. The second-order valence-corrected chi connectivity index (χ2v) is 7.42. The Hall–Kier alpha value is -3.48. The molecular formula is C24H28N2O5. The highest BCUT2D eigenvalue weighted by Crippen LogP contribution is 2.36. The summed E-state index contributed by atoms with van der Waals surface area (Å²) >= 11 is 0. The van der Waals surface area contributed by atoms with E-state index in [4.69, 9.17) is 14.2 Å². The highest BCUT2D eigenvalue weighted by Gasteiger charge is 2.34. The molecule has 31 heavy (non-hydrogen) atoms. The van der Waals surface area contributed by atoms with Crippen LogP contribution >= 0.6 is 0 Å². The van der Waals surface area contributed by atoms with Gasteiger partial charge in [0, 0.05) is 5.70 Å². The van der Waals surface area contributed by atoms with Crippen LogP contribution in [0, 0.1) is 5.92 Å². The molecule has 0 radical (unpaired) electrons. The van der Waals surface area contributed by atoms with E-state index in [1.165, 1.54) is 7.11 Å². The van der Waals surface area contributed by atoms with Gasteiger partial charge in [0.25, 0.3) is 0 Å². The molecule has 2 aromatic carbocycles. The maximum atomic E-state index is 12.6. The van der Waals surface area contributed by atoms with E-state index in [0.29, 0.717) is 41.5 Å². The molecule has 164 valence electrons. The molecule has 0 bridgehead atoms. The van der Waals surface area contributed by atoms with Crippen LogP contribution < -0.4 is 20.1 Å². The van der Waals surface area contributed by atoms with Gasteiger partial charge in [-0.3, -0.25) is 0 Å². The molecule has 7 heteroatoms. The number of benzene rings is 2. The molecule has 1 atom stereocenters. The molecule has 0 aliphatic carbocycles. The topological polar surface area (TPSA) is 85.9 Å². The molecule has 1 aliphatic heterocycles. The molecule has 7 nitrogen and oxygen atoms in total. The van der Waals surface area contributed by atoms with Crippen LogP contribution in [-0.2, 0) is 16.1 Å². The standard InChI is InChI=1S/C24H28N2O5/c1-5-30-19-13-17(11-12-18(19)31-14-16-9-7-6-8-10-16)22-20(23(27)29-4)21(15(2)3)25-24(28)26-22/h6-13,15,22H,5,14H2,1-4H3,(H2,25,26,28). The Morgan fingerprint density at radius 2 is 1.81 bits per heavy atom. The van der Waals surface area contributed by atoms with Gasteiger partial charge in [-0.05, 0) is 36.1 Å². The average Bonchev–Trinajstić information content (AvgIpc) is 2.78. The van der Waals surface area contributed by atoms with Crippen LogP contribution in [0.1, 0.15) is 37.9 Å². The normalized spacial score (nSPS) is 15.9. The number of methoxy groups -OCH3 is 1. The Kier molecular flexibility index (Phi) is 7.18. The third kappa shape index (κ3) is 5.17. The third-order valence-corrected chi connectivity index (χ3v) is 4.92. The Morgan fingerprint density at radius 3 is 2.45 bits per heavy atom. The van der Waals surface area contributed by atoms with E-state index in [1.54, 1.807) is 12.1 Å². The van der Waals surface area contributed by atoms with Gasteiger partial charge in [0.2, 0.25) is 0 Å². The van der Waals surface area contributed by atoms with Crippen molar-refractivity contribution in [3.8, 4) is 11.5 Å². The van der Waals surface area contributed by atoms with Crippen molar-refractivity contribution in [2.75, 3.05) is 13.7 Å². The van der Waals surface area contributed by atoms with Crippen molar-refractivity contribution in [3.05, 3.63) is 70.9 Å². The summed E-state index contributed by atoms with van der Waals surface area (Å²) in [5.74, 6) is 0.562. The minimum Gasteiger partial charge on any atom is -0.490 e. The first-order valence-electron chi connectivity index (χ1n) is 10.3. The Morgan fingerprint density at radius 1 is 1.06 bits per heavy atom. The summed E-state index contributed by atoms with van der Waals surface area (Å²) in [7, 11) is 1.33. The monoisotopic (exact) mass is 424 g/mol. The largest absolute Gasteiger partial charge is 0.490 e. The Balaban J connectivity index is 1.96. The van der Waals surface area contributed by atoms with E-state index in [0.717, 1.165) is 5.56 Å². The van der Waals surface area contributed by atoms with Crippen molar-refractivity contribution in [1.82, 2.24) is 10.6 Å². The summed E-state index contributed by atoms with van der Waals surface area (Å²) in [6.07, 6.45) is 0. The Labute approximate surface area is 182 Å². The van der Waals surface area contributed by atoms with Gasteiger partial charge in [0.15, 0.2) is 11.5 Å². The van der Waals surface area contributed by atoms with Crippen molar-refractivity contribution in [2.45, 2.75) is 33.4 Å². The predicted octanol–water partition coefficient (Wildman–Crippen LogP) is 4.10. The summed E-state index contributed by atoms with van der Waals surface area (Å²) in [5, 5.41) is 5.57. The first-order valence-corrected chi connectivity index (χ1v) is 10.3. The number of rotatable bonds is 8. The van der Waals surface area contributed by atoms with Crippen LogP contribution in [0.5, 0.6) is 11.5 Å². The lowest BCUT2D eigenvalue weighted by molar-refractivity contribution is -0.136. The zero-order valence-electron chi connectivity index (χ0n) is 18.2. The van der Waals surface area contributed by atoms with E-state index in [2.05, 4.69) is 10.6 Å². The highest BCUT2D eigenvalue weighted by molar-refractivity contribution is 5.95. The van der Waals surface area contributed by atoms with Gasteiger partial charge in [-0.2, -0.15) is 0 Å². The van der Waals surface area contributed by atoms with Crippen molar-refractivity contribution in [3.63, 3.8) is 0 Å². The molecule has 1 unspecified atom stereocenters. The second kappa shape index (κ2) is 10.0. The zero-order valence-corrected chi connectivity index (χ0v) is 18.2. The fourth-order valence-corrected chi connectivity index (χ4v) is 3.45. The molecule has 0 fully saturated rings. The number of hydrogen-bond donors (Lipinski definition) is 2. The molecular weight excluding hydrogens is 396 g/mol. The Bertz CT molecular complexity index is 969. The van der Waals surface area contributed by atoms with Gasteiger partial charge in [0.1, 0.15) is 6.61 Å². The third-order valence-electron chi connectivity index (χ3n) is 4.92. The summed E-state index contributed by atoms with van der Waals surface area (Å²) < 4.78 is 16.8. The smallest absolute Gasteiger partial charge is 0.337 e. The van der Waals surface area contributed by atoms with Crippen LogP contribution in [0.3, 0.4) is 0 Å². The number of allylic oxidation sites excluding steroid dienone is 1. The number of carbonyl (C=O) groups is 2. The first kappa shape index (κ1) is 22.2. The van der Waals surface area contributed by atoms with E-state index in [9.17, 15) is 9.59 Å². The first-order chi connectivity index (χ1) is 14.9. The summed E-state index contributed by atoms with van der Waals surface area (Å²) in [5.41, 5.74) is 2.65. The van der Waals surface area contributed by atoms with Gasteiger partial charge in [-0.1, -0.05) is 50.2 Å². The van der Waals surface area contributed by atoms with Crippen molar-refractivity contribution in [1.29, 1.82) is 0 Å². The zero-order chi connectivity index (χ0) is 22.4. The van der Waals surface area contributed by atoms with Crippen LogP contribution in [0.15, 0.2) is 59.8 Å². The van der Waals surface area contributed by atoms with E-state index in [-0.39, 0.29) is 11.9 Å². The SMILES string of the molecule is CCOc1cc(C2NC(=O)NC(C(C)C)=C2C(=O)OC)ccc1OCc1ccccc1. The van der Waals surface area contributed by atoms with Crippen LogP contribution in [0.4, 0.5) is 4.79 Å². The van der Waals surface area contributed by atoms with Gasteiger partial charge in [-0.15, -0.1) is 0 Å². The molecule has 3 rings (SSSR count). The van der Waals surface area contributed by atoms with Crippen molar-refractivity contribution in [2.24, 2.45) is 5.92 Å². The molecule has 2 amide bonds. The molecule has 0 saturated carbocycles. The molecule has 0 spiro atoms. The summed E-state index contributed by atoms with van der Waals surface area (Å²) in [6, 6.07) is 14.2. The number of amides is 2. The van der Waals surface area contributed by atoms with Gasteiger partial charge >= 0.3 is 12.0 Å². The van der Waals surface area contributed by atoms with Gasteiger partial charge in [0.05, 0.1) is 25.3 Å². The van der Waals surface area contributed by atoms with Crippen molar-refractivity contribution >= 4 is 12.0 Å². The number of carbonyl (C=O) groups excluding carboxylic acids is 2. The molecule has 1 heterocycles. The van der Waals surface area contributed by atoms with E-state index >= 15 is 0 Å². The van der Waals surface area contributed by atoms with Crippen LogP contribution in [-0.4, -0.2) is 25.7 Å². The lowest BCUT2D eigenvalue weighted by atomic mass is 9.91. The average molecular weight is 424 g/mol. The van der Waals surface area contributed by atoms with E-state index in [1.807, 2.05) is 57.2 Å². The minimum atomic E-state index is -0.666. The lowest BCUT2D eigenvalue weighted by Crippen LogP contribution is -2.47. The summed E-state index contributed by atoms with van der Waals surface area (Å²) in [6.45, 7) is 6.55. The summed E-state index contributed by atoms with van der Waals surface area (Å²) in [4.78, 5) is 24.9. The molecule has 2 aromatic rings. The number of nitrogens with one attached hydrogen (secondary N) is 2. The number of ether oxygens (including phenoxy) is 3. The molecule has 1 aliphatic rings. The number of hydrogen-bond acceptors (Lipinski definition) is 5. The minimum absolute atomic E-state index is 0.0671. The lowest BCUT2D eigenvalue weighted by Gasteiger charge is -2.31. The number of urea groups is 1. The quantitative estimate of drug-likeness (QED) is 0.623. The van der Waals surface area contributed by atoms with Gasteiger partial charge in [-0.25, -0.2) is 9.59 Å². The number of esters is 1. The molecule has 2 N–H and O–H groups in total. The predicted molar refractivity (Wildman–Crippen MR) is 117 cm³/mol. The van der Waals surface area contributed by atoms with Crippen LogP contribution in [0.25, 0.3) is 0 Å². The fraction of sp³-hybridized carbons (Fsp3) is 0.333. The van der Waals surface area contributed by atoms with Crippen molar-refractivity contribution < 1.29 is 23.8 Å². The van der Waals surface area contributed by atoms with Crippen LogP contribution in [0.2, 0.25) is 0 Å². The molecule has 0 aromatic heterocycles. The molecule has 0 saturated heterocycles. The maximum absolute atomic E-state index is 12.6. The van der Waals surface area contributed by atoms with E-state index < -0.39 is 12.0 Å².